The molecule has 2 heteroatoms. The van der Waals surface area contributed by atoms with Crippen LogP contribution in [0.3, 0.4) is 0 Å². The number of rotatable bonds is 0. The van der Waals surface area contributed by atoms with E-state index in [1.807, 2.05) is 6.26 Å². The van der Waals surface area contributed by atoms with Gasteiger partial charge in [0.1, 0.15) is 0 Å². The highest BCUT2D eigenvalue weighted by Gasteiger charge is 2.25. The summed E-state index contributed by atoms with van der Waals surface area (Å²) in [6, 6.07) is 26.2. The molecule has 0 aliphatic carbocycles. The summed E-state index contributed by atoms with van der Waals surface area (Å²) < 4.78 is 6.32. The van der Waals surface area contributed by atoms with Gasteiger partial charge >= 0.3 is 0 Å². The van der Waals surface area contributed by atoms with Crippen molar-refractivity contribution in [3.63, 3.8) is 0 Å². The molecule has 0 spiro atoms. The van der Waals surface area contributed by atoms with E-state index in [9.17, 15) is 0 Å². The first-order chi connectivity index (χ1) is 15.5. The van der Waals surface area contributed by atoms with Crippen LogP contribution in [0, 0.1) is 0 Å². The molecule has 7 rings (SSSR count). The molecule has 0 aliphatic heterocycles. The van der Waals surface area contributed by atoms with E-state index in [1.165, 1.54) is 59.6 Å². The highest BCUT2D eigenvalue weighted by molar-refractivity contribution is 6.39. The van der Waals surface area contributed by atoms with Crippen LogP contribution in [-0.4, -0.2) is 4.98 Å². The molecule has 0 saturated carbocycles. The Morgan fingerprint density at radius 3 is 1.66 bits per heavy atom. The number of aromatic amines is 1. The normalized spacial score (nSPS) is 12.8. The number of nitrogens with one attached hydrogen (secondary N) is 1. The number of H-pyrrole nitrogens is 1. The predicted octanol–water partition coefficient (Wildman–Crippen LogP) is 8.82. The van der Waals surface area contributed by atoms with Crippen molar-refractivity contribution in [1.29, 1.82) is 0 Å². The molecule has 2 heterocycles. The van der Waals surface area contributed by atoms with E-state index < -0.39 is 0 Å². The summed E-state index contributed by atoms with van der Waals surface area (Å²) in [5.74, 6) is 0. The zero-order valence-electron chi connectivity index (χ0n) is 18.4. The molecule has 0 unspecified atom stereocenters. The van der Waals surface area contributed by atoms with Crippen LogP contribution in [0.25, 0.3) is 65.1 Å². The predicted molar refractivity (Wildman–Crippen MR) is 137 cm³/mol. The molecule has 0 saturated heterocycles. The number of furan rings is 1. The molecule has 7 aromatic rings. The molecule has 0 atom stereocenters. The summed E-state index contributed by atoms with van der Waals surface area (Å²) in [7, 11) is 0. The minimum Gasteiger partial charge on any atom is -0.462 e. The van der Waals surface area contributed by atoms with E-state index in [2.05, 4.69) is 98.6 Å². The number of hydrogen-bond donors (Lipinski definition) is 1. The van der Waals surface area contributed by atoms with Crippen molar-refractivity contribution in [3.8, 4) is 0 Å². The van der Waals surface area contributed by atoms with Gasteiger partial charge in [0, 0.05) is 27.1 Å². The van der Waals surface area contributed by atoms with Crippen LogP contribution < -0.4 is 0 Å². The molecule has 0 bridgehead atoms. The van der Waals surface area contributed by atoms with Crippen LogP contribution in [0.5, 0.6) is 0 Å². The lowest BCUT2D eigenvalue weighted by molar-refractivity contribution is 0.558. The molecular formula is C30H23NO. The molecular weight excluding hydrogens is 390 g/mol. The van der Waals surface area contributed by atoms with Crippen LogP contribution in [0.2, 0.25) is 0 Å². The minimum atomic E-state index is -0.00684. The summed E-state index contributed by atoms with van der Waals surface area (Å²) in [5, 5.41) is 11.4. The molecule has 1 N–H and O–H groups in total. The third-order valence-corrected chi connectivity index (χ3v) is 6.97. The summed E-state index contributed by atoms with van der Waals surface area (Å²) in [4.78, 5) is 3.82. The van der Waals surface area contributed by atoms with Gasteiger partial charge in [-0.1, -0.05) is 93.6 Å². The quantitative estimate of drug-likeness (QED) is 0.247. The van der Waals surface area contributed by atoms with Gasteiger partial charge in [0.2, 0.25) is 0 Å². The van der Waals surface area contributed by atoms with Gasteiger partial charge in [0.25, 0.3) is 0 Å². The van der Waals surface area contributed by atoms with Gasteiger partial charge in [0.05, 0.1) is 17.3 Å². The SMILES string of the molecule is CC(C)(C)c1coc2c3[nH]c4c5ccccc5c5ccccc5c4c3c3ccccc3c12. The van der Waals surface area contributed by atoms with Gasteiger partial charge in [-0.05, 0) is 32.3 Å². The average molecular weight is 414 g/mol. The number of aromatic nitrogens is 1. The molecule has 5 aromatic carbocycles. The molecule has 2 aromatic heterocycles. The standard InChI is InChI=1S/C30H23NO/c1-30(2,3)23-16-32-29-24(23)20-13-7-8-14-21(20)26-25-19-12-6-4-10-17(19)18-11-5-9-15-22(18)27(25)31-28(26)29/h4-16,31H,1-3H3. The van der Waals surface area contributed by atoms with Crippen LogP contribution >= 0.6 is 0 Å². The maximum atomic E-state index is 6.32. The first-order valence-corrected chi connectivity index (χ1v) is 11.2. The van der Waals surface area contributed by atoms with Crippen molar-refractivity contribution >= 4 is 65.1 Å². The van der Waals surface area contributed by atoms with E-state index in [1.54, 1.807) is 0 Å². The lowest BCUT2D eigenvalue weighted by Crippen LogP contribution is -2.09. The number of benzene rings is 5. The summed E-state index contributed by atoms with van der Waals surface area (Å²) in [5.41, 5.74) is 4.46. The van der Waals surface area contributed by atoms with E-state index in [0.717, 1.165) is 11.1 Å². The minimum absolute atomic E-state index is 0.00684. The van der Waals surface area contributed by atoms with Crippen LogP contribution in [0.4, 0.5) is 0 Å². The molecule has 0 aliphatic rings. The van der Waals surface area contributed by atoms with Crippen molar-refractivity contribution < 1.29 is 4.42 Å². The fourth-order valence-electron chi connectivity index (χ4n) is 5.56. The second-order valence-corrected chi connectivity index (χ2v) is 9.87. The van der Waals surface area contributed by atoms with E-state index in [0.29, 0.717) is 0 Å². The van der Waals surface area contributed by atoms with Gasteiger partial charge in [-0.15, -0.1) is 0 Å². The molecule has 0 amide bonds. The van der Waals surface area contributed by atoms with Crippen molar-refractivity contribution in [1.82, 2.24) is 4.98 Å². The fourth-order valence-corrected chi connectivity index (χ4v) is 5.56. The molecule has 32 heavy (non-hydrogen) atoms. The monoisotopic (exact) mass is 413 g/mol. The Morgan fingerprint density at radius 2 is 1.03 bits per heavy atom. The van der Waals surface area contributed by atoms with Crippen molar-refractivity contribution in [2.24, 2.45) is 0 Å². The van der Waals surface area contributed by atoms with Crippen molar-refractivity contribution in [2.75, 3.05) is 0 Å². The first kappa shape index (κ1) is 17.9. The van der Waals surface area contributed by atoms with Crippen molar-refractivity contribution in [3.05, 3.63) is 84.6 Å². The maximum absolute atomic E-state index is 6.32. The molecule has 154 valence electrons. The fraction of sp³-hybridized carbons (Fsp3) is 0.133. The van der Waals surface area contributed by atoms with Crippen LogP contribution in [-0.2, 0) is 5.41 Å². The van der Waals surface area contributed by atoms with E-state index in [4.69, 9.17) is 4.42 Å². The zero-order valence-corrected chi connectivity index (χ0v) is 18.4. The molecule has 0 fully saturated rings. The third kappa shape index (κ3) is 2.14. The Hall–Kier alpha value is -3.78. The Morgan fingerprint density at radius 1 is 0.562 bits per heavy atom. The van der Waals surface area contributed by atoms with Crippen LogP contribution in [0.1, 0.15) is 26.3 Å². The second-order valence-electron chi connectivity index (χ2n) is 9.87. The van der Waals surface area contributed by atoms with E-state index >= 15 is 0 Å². The lowest BCUT2D eigenvalue weighted by atomic mass is 9.85. The Kier molecular flexibility index (Phi) is 3.30. The summed E-state index contributed by atoms with van der Waals surface area (Å²) in [6.45, 7) is 6.76. The van der Waals surface area contributed by atoms with Crippen molar-refractivity contribution in [2.45, 2.75) is 26.2 Å². The number of hydrogen-bond acceptors (Lipinski definition) is 1. The Bertz CT molecular complexity index is 1860. The topological polar surface area (TPSA) is 28.9 Å². The Labute approximate surface area is 185 Å². The van der Waals surface area contributed by atoms with E-state index in [-0.39, 0.29) is 5.41 Å². The third-order valence-electron chi connectivity index (χ3n) is 6.97. The lowest BCUT2D eigenvalue weighted by Gasteiger charge is -2.17. The largest absolute Gasteiger partial charge is 0.462 e. The van der Waals surface area contributed by atoms with Gasteiger partial charge in [-0.3, -0.25) is 0 Å². The van der Waals surface area contributed by atoms with Gasteiger partial charge < -0.3 is 9.40 Å². The van der Waals surface area contributed by atoms with Gasteiger partial charge in [-0.25, -0.2) is 0 Å². The van der Waals surface area contributed by atoms with Gasteiger partial charge in [0.15, 0.2) is 5.58 Å². The van der Waals surface area contributed by atoms with Crippen LogP contribution in [0.15, 0.2) is 83.5 Å². The first-order valence-electron chi connectivity index (χ1n) is 11.2. The molecule has 2 nitrogen and oxygen atoms in total. The highest BCUT2D eigenvalue weighted by atomic mass is 16.3. The smallest absolute Gasteiger partial charge is 0.158 e. The van der Waals surface area contributed by atoms with Gasteiger partial charge in [-0.2, -0.15) is 0 Å². The average Bonchev–Trinajstić information content (AvgIpc) is 3.42. The zero-order chi connectivity index (χ0) is 21.6. The Balaban J connectivity index is 1.87. The second kappa shape index (κ2) is 5.92. The highest BCUT2D eigenvalue weighted by Crippen LogP contribution is 2.46. The number of fused-ring (bicyclic) bond motifs is 13. The summed E-state index contributed by atoms with van der Waals surface area (Å²) in [6.07, 6.45) is 1.96. The summed E-state index contributed by atoms with van der Waals surface area (Å²) >= 11 is 0. The maximum Gasteiger partial charge on any atom is 0.158 e. The molecule has 0 radical (unpaired) electrons.